The molecule has 12 heavy (non-hydrogen) atoms. The Labute approximate surface area is 77.7 Å². The van der Waals surface area contributed by atoms with Crippen LogP contribution in [-0.2, 0) is 9.57 Å². The molecule has 0 aromatic heterocycles. The Morgan fingerprint density at radius 2 is 2.08 bits per heavy atom. The molecule has 1 aliphatic rings. The zero-order valence-electron chi connectivity index (χ0n) is 7.33. The van der Waals surface area contributed by atoms with E-state index < -0.39 is 0 Å². The molecule has 0 atom stereocenters. The predicted octanol–water partition coefficient (Wildman–Crippen LogP) is -1.50. The molecule has 0 bridgehead atoms. The molecular formula is C6H17ClN3O2+. The summed E-state index contributed by atoms with van der Waals surface area (Å²) in [6, 6.07) is 0.0694. The highest BCUT2D eigenvalue weighted by atomic mass is 35.5. The van der Waals surface area contributed by atoms with Crippen LogP contribution in [0, 0.1) is 0 Å². The number of quaternary nitrogens is 1. The number of rotatable bonds is 2. The number of morpholine rings is 1. The number of alkyl halides is 1. The summed E-state index contributed by atoms with van der Waals surface area (Å²) >= 11 is 4.84. The number of ether oxygens (including phenoxy) is 1. The minimum atomic E-state index is 0.0694. The Hall–Kier alpha value is 0.0900. The highest BCUT2D eigenvalue weighted by molar-refractivity contribution is 6.17. The van der Waals surface area contributed by atoms with Gasteiger partial charge in [-0.3, -0.25) is 10.3 Å². The maximum atomic E-state index is 5.14. The molecule has 1 fully saturated rings. The van der Waals surface area contributed by atoms with Crippen LogP contribution in [0.25, 0.3) is 0 Å². The summed E-state index contributed by atoms with van der Waals surface area (Å²) < 4.78 is 5.14. The molecule has 74 valence electrons. The van der Waals surface area contributed by atoms with E-state index in [0.717, 1.165) is 26.3 Å². The molecule has 1 rings (SSSR count). The van der Waals surface area contributed by atoms with E-state index in [1.807, 2.05) is 0 Å². The highest BCUT2D eigenvalue weighted by Crippen LogP contribution is 1.86. The van der Waals surface area contributed by atoms with Crippen LogP contribution in [0.5, 0.6) is 0 Å². The van der Waals surface area contributed by atoms with Crippen molar-refractivity contribution in [3.63, 3.8) is 0 Å². The van der Waals surface area contributed by atoms with E-state index in [1.54, 1.807) is 0 Å². The van der Waals surface area contributed by atoms with Gasteiger partial charge in [0.15, 0.2) is 0 Å². The van der Waals surface area contributed by atoms with E-state index >= 15 is 0 Å². The number of hydrogen-bond acceptors (Lipinski definition) is 4. The standard InChI is InChI=1S/C5H12N2O.CH4ClNO/c1-6-7-2-4-8-5-3-7;2-1-4-3/h6H,2-5H2,1H3;1,3H2/p+1. The second kappa shape index (κ2) is 9.18. The van der Waals surface area contributed by atoms with Crippen LogP contribution in [0.2, 0.25) is 0 Å². The van der Waals surface area contributed by atoms with Crippen LogP contribution in [0.4, 0.5) is 0 Å². The van der Waals surface area contributed by atoms with Crippen molar-refractivity contribution in [3.05, 3.63) is 0 Å². The zero-order chi connectivity index (χ0) is 9.23. The van der Waals surface area contributed by atoms with E-state index in [1.165, 1.54) is 0 Å². The van der Waals surface area contributed by atoms with Gasteiger partial charge >= 0.3 is 0 Å². The second-order valence-corrected chi connectivity index (χ2v) is 2.40. The van der Waals surface area contributed by atoms with Crippen molar-refractivity contribution < 1.29 is 15.0 Å². The SMILES string of the molecule is C[NH2+]N1CCOCC1.NOCCl. The van der Waals surface area contributed by atoms with Gasteiger partial charge in [-0.2, -0.15) is 5.01 Å². The second-order valence-electron chi connectivity index (χ2n) is 2.18. The number of nitrogens with zero attached hydrogens (tertiary/aromatic N) is 1. The number of nitrogens with two attached hydrogens (primary N) is 2. The first-order chi connectivity index (χ1) is 5.85. The highest BCUT2D eigenvalue weighted by Gasteiger charge is 2.09. The van der Waals surface area contributed by atoms with Crippen LogP contribution in [-0.4, -0.2) is 44.4 Å². The van der Waals surface area contributed by atoms with Crippen molar-refractivity contribution in [1.82, 2.24) is 5.01 Å². The van der Waals surface area contributed by atoms with Gasteiger partial charge in [0.2, 0.25) is 0 Å². The van der Waals surface area contributed by atoms with Crippen LogP contribution in [0.15, 0.2) is 0 Å². The third-order valence-corrected chi connectivity index (χ3v) is 1.60. The molecule has 6 heteroatoms. The molecule has 0 spiro atoms. The van der Waals surface area contributed by atoms with Crippen LogP contribution < -0.4 is 11.3 Å². The summed E-state index contributed by atoms with van der Waals surface area (Å²) in [5, 5.41) is 2.27. The Morgan fingerprint density at radius 1 is 1.58 bits per heavy atom. The largest absolute Gasteiger partial charge is 0.378 e. The van der Waals surface area contributed by atoms with Gasteiger partial charge in [0, 0.05) is 0 Å². The van der Waals surface area contributed by atoms with Crippen LogP contribution in [0.3, 0.4) is 0 Å². The maximum Gasteiger partial charge on any atom is 0.142 e. The molecule has 1 aliphatic heterocycles. The smallest absolute Gasteiger partial charge is 0.142 e. The summed E-state index contributed by atoms with van der Waals surface area (Å²) in [4.78, 5) is 3.81. The molecule has 0 radical (unpaired) electrons. The molecule has 1 saturated heterocycles. The van der Waals surface area contributed by atoms with Gasteiger partial charge in [-0.05, 0) is 0 Å². The van der Waals surface area contributed by atoms with Crippen molar-refractivity contribution in [1.29, 1.82) is 0 Å². The minimum Gasteiger partial charge on any atom is -0.378 e. The van der Waals surface area contributed by atoms with E-state index in [-0.39, 0.29) is 6.07 Å². The van der Waals surface area contributed by atoms with E-state index in [4.69, 9.17) is 16.3 Å². The molecule has 0 unspecified atom stereocenters. The fraction of sp³-hybridized carbons (Fsp3) is 1.00. The van der Waals surface area contributed by atoms with E-state index in [0.29, 0.717) is 0 Å². The Kier molecular flexibility index (Phi) is 9.25. The molecule has 0 saturated carbocycles. The topological polar surface area (TPSA) is 64.3 Å². The lowest BCUT2D eigenvalue weighted by Crippen LogP contribution is -2.91. The van der Waals surface area contributed by atoms with Gasteiger partial charge in [0.1, 0.15) is 6.07 Å². The molecule has 4 N–H and O–H groups in total. The van der Waals surface area contributed by atoms with Gasteiger partial charge in [-0.1, -0.05) is 11.6 Å². The van der Waals surface area contributed by atoms with Gasteiger partial charge < -0.3 is 4.74 Å². The fourth-order valence-electron chi connectivity index (χ4n) is 0.836. The van der Waals surface area contributed by atoms with Crippen molar-refractivity contribution in [2.45, 2.75) is 0 Å². The van der Waals surface area contributed by atoms with Crippen molar-refractivity contribution in [3.8, 4) is 0 Å². The van der Waals surface area contributed by atoms with Crippen LogP contribution >= 0.6 is 11.6 Å². The molecular weight excluding hydrogens is 182 g/mol. The van der Waals surface area contributed by atoms with E-state index in [2.05, 4.69) is 28.2 Å². The van der Waals surface area contributed by atoms with Crippen molar-refractivity contribution in [2.24, 2.45) is 5.90 Å². The van der Waals surface area contributed by atoms with Crippen LogP contribution in [0.1, 0.15) is 0 Å². The fourth-order valence-corrected chi connectivity index (χ4v) is 0.836. The molecule has 5 nitrogen and oxygen atoms in total. The van der Waals surface area contributed by atoms with Crippen molar-refractivity contribution >= 4 is 11.6 Å². The Balaban J connectivity index is 0.000000261. The summed E-state index contributed by atoms with van der Waals surface area (Å²) in [6.45, 7) is 3.92. The zero-order valence-corrected chi connectivity index (χ0v) is 8.09. The quantitative estimate of drug-likeness (QED) is 0.322. The molecule has 0 aliphatic carbocycles. The van der Waals surface area contributed by atoms with Gasteiger partial charge in [-0.25, -0.2) is 5.90 Å². The molecule has 0 aromatic rings. The summed E-state index contributed by atoms with van der Waals surface area (Å²) in [5.74, 6) is 4.40. The predicted molar refractivity (Wildman–Crippen MR) is 46.2 cm³/mol. The lowest BCUT2D eigenvalue weighted by Gasteiger charge is -2.21. The third kappa shape index (κ3) is 6.78. The Morgan fingerprint density at radius 3 is 2.33 bits per heavy atom. The van der Waals surface area contributed by atoms with Crippen molar-refractivity contribution in [2.75, 3.05) is 39.4 Å². The summed E-state index contributed by atoms with van der Waals surface area (Å²) in [5.41, 5.74) is 2.11. The normalized spacial score (nSPS) is 18.2. The number of hydrogen-bond donors (Lipinski definition) is 2. The molecule has 0 amide bonds. The molecule has 0 aromatic carbocycles. The van der Waals surface area contributed by atoms with Gasteiger partial charge in [0.05, 0.1) is 33.4 Å². The van der Waals surface area contributed by atoms with Gasteiger partial charge in [0.25, 0.3) is 0 Å². The summed E-state index contributed by atoms with van der Waals surface area (Å²) in [6.07, 6.45) is 0. The number of halogens is 1. The first-order valence-electron chi connectivity index (χ1n) is 3.84. The monoisotopic (exact) mass is 198 g/mol. The lowest BCUT2D eigenvalue weighted by atomic mass is 10.5. The average Bonchev–Trinajstić information content (AvgIpc) is 2.19. The average molecular weight is 199 g/mol. The molecule has 1 heterocycles. The lowest BCUT2D eigenvalue weighted by molar-refractivity contribution is -0.785. The first kappa shape index (κ1) is 12.1. The van der Waals surface area contributed by atoms with E-state index in [9.17, 15) is 0 Å². The van der Waals surface area contributed by atoms with Gasteiger partial charge in [-0.15, -0.1) is 0 Å². The third-order valence-electron chi connectivity index (χ3n) is 1.47. The Bertz CT molecular complexity index is 88.9. The first-order valence-corrected chi connectivity index (χ1v) is 4.37. The maximum absolute atomic E-state index is 5.14. The minimum absolute atomic E-state index is 0.0694. The summed E-state index contributed by atoms with van der Waals surface area (Å²) in [7, 11) is 2.06.